The topological polar surface area (TPSA) is 132 Å². The molecule has 0 atom stereocenters. The van der Waals surface area contributed by atoms with Crippen molar-refractivity contribution < 1.29 is 14.4 Å². The van der Waals surface area contributed by atoms with E-state index in [1.165, 1.54) is 18.0 Å². The van der Waals surface area contributed by atoms with E-state index >= 15 is 0 Å². The third-order valence-electron chi connectivity index (χ3n) is 4.13. The van der Waals surface area contributed by atoms with E-state index in [2.05, 4.69) is 20.6 Å². The number of rotatable bonds is 8. The molecule has 0 aliphatic carbocycles. The van der Waals surface area contributed by atoms with Gasteiger partial charge in [-0.3, -0.25) is 14.4 Å². The van der Waals surface area contributed by atoms with Crippen LogP contribution in [0, 0.1) is 0 Å². The zero-order valence-corrected chi connectivity index (χ0v) is 18.0. The largest absolute Gasteiger partial charge is 0.368 e. The maximum atomic E-state index is 12.4. The molecule has 31 heavy (non-hydrogen) atoms. The minimum absolute atomic E-state index is 0.230. The summed E-state index contributed by atoms with van der Waals surface area (Å²) in [6.45, 7) is 0.0235. The fourth-order valence-corrected chi connectivity index (χ4v) is 3.52. The summed E-state index contributed by atoms with van der Waals surface area (Å²) in [5, 5.41) is 6.83. The minimum atomic E-state index is -0.620. The van der Waals surface area contributed by atoms with Crippen LogP contribution in [-0.2, 0) is 18.4 Å². The van der Waals surface area contributed by atoms with Crippen LogP contribution < -0.4 is 16.4 Å². The number of nitrogens with zero attached hydrogens (tertiary/aromatic N) is 3. The number of hydrogen-bond donors (Lipinski definition) is 3. The summed E-state index contributed by atoms with van der Waals surface area (Å²) in [5.41, 5.74) is 6.51. The van der Waals surface area contributed by atoms with Crippen molar-refractivity contribution in [2.24, 2.45) is 12.8 Å². The average Bonchev–Trinajstić information content (AvgIpc) is 3.16. The number of carbonyl (C=O) groups is 3. The SMILES string of the molecule is Cn1ccnc1Sc1ncc(C(=O)NCc2ccc(C(=O)NCC(N)=O)cc2)cc1Cl. The molecule has 0 aliphatic heterocycles. The molecule has 0 fully saturated rings. The van der Waals surface area contributed by atoms with Crippen molar-refractivity contribution in [3.05, 3.63) is 70.6 Å². The summed E-state index contributed by atoms with van der Waals surface area (Å²) in [6.07, 6.45) is 4.95. The van der Waals surface area contributed by atoms with E-state index in [0.717, 1.165) is 10.7 Å². The number of nitrogens with one attached hydrogen (secondary N) is 2. The third-order valence-corrected chi connectivity index (χ3v) is 5.62. The molecule has 4 N–H and O–H groups in total. The van der Waals surface area contributed by atoms with Crippen molar-refractivity contribution in [3.8, 4) is 0 Å². The Kier molecular flexibility index (Phi) is 7.27. The Hall–Kier alpha value is -3.37. The van der Waals surface area contributed by atoms with Gasteiger partial charge in [0.2, 0.25) is 5.91 Å². The van der Waals surface area contributed by atoms with Crippen LogP contribution in [-0.4, -0.2) is 38.8 Å². The molecule has 3 aromatic rings. The first kappa shape index (κ1) is 22.3. The number of aromatic nitrogens is 3. The molecule has 9 nitrogen and oxygen atoms in total. The van der Waals surface area contributed by atoms with Gasteiger partial charge < -0.3 is 20.9 Å². The van der Waals surface area contributed by atoms with Gasteiger partial charge in [-0.05, 0) is 35.5 Å². The van der Waals surface area contributed by atoms with E-state index in [9.17, 15) is 14.4 Å². The first-order valence-corrected chi connectivity index (χ1v) is 10.3. The van der Waals surface area contributed by atoms with E-state index in [-0.39, 0.29) is 19.0 Å². The first-order valence-electron chi connectivity index (χ1n) is 9.08. The maximum Gasteiger partial charge on any atom is 0.253 e. The highest BCUT2D eigenvalue weighted by Crippen LogP contribution is 2.30. The van der Waals surface area contributed by atoms with Crippen LogP contribution in [0.4, 0.5) is 0 Å². The third kappa shape index (κ3) is 6.06. The highest BCUT2D eigenvalue weighted by molar-refractivity contribution is 7.99. The summed E-state index contributed by atoms with van der Waals surface area (Å²) >= 11 is 7.59. The van der Waals surface area contributed by atoms with Crippen LogP contribution in [0.25, 0.3) is 0 Å². The van der Waals surface area contributed by atoms with Gasteiger partial charge in [0.25, 0.3) is 11.8 Å². The van der Waals surface area contributed by atoms with E-state index in [1.54, 1.807) is 36.5 Å². The maximum absolute atomic E-state index is 12.4. The molecule has 2 heterocycles. The van der Waals surface area contributed by atoms with Crippen LogP contribution in [0.1, 0.15) is 26.3 Å². The fraction of sp³-hybridized carbons (Fsp3) is 0.150. The molecule has 3 rings (SSSR count). The van der Waals surface area contributed by atoms with Gasteiger partial charge in [0.15, 0.2) is 5.16 Å². The van der Waals surface area contributed by atoms with Crippen LogP contribution >= 0.6 is 23.4 Å². The summed E-state index contributed by atoms with van der Waals surface area (Å²) in [7, 11) is 1.87. The van der Waals surface area contributed by atoms with Gasteiger partial charge in [-0.15, -0.1) is 0 Å². The fourth-order valence-electron chi connectivity index (χ4n) is 2.49. The number of nitrogens with two attached hydrogens (primary N) is 1. The molecule has 1 aromatic carbocycles. The van der Waals surface area contributed by atoms with Crippen LogP contribution in [0.2, 0.25) is 5.02 Å². The lowest BCUT2D eigenvalue weighted by molar-refractivity contribution is -0.117. The summed E-state index contributed by atoms with van der Waals surface area (Å²) in [5.74, 6) is -1.35. The van der Waals surface area contributed by atoms with E-state index < -0.39 is 11.8 Å². The molecule has 3 amide bonds. The molecule has 0 bridgehead atoms. The van der Waals surface area contributed by atoms with Crippen molar-refractivity contribution in [2.75, 3.05) is 6.54 Å². The summed E-state index contributed by atoms with van der Waals surface area (Å²) < 4.78 is 1.84. The van der Waals surface area contributed by atoms with Gasteiger partial charge >= 0.3 is 0 Å². The second-order valence-electron chi connectivity index (χ2n) is 6.46. The Morgan fingerprint density at radius 3 is 2.42 bits per heavy atom. The summed E-state index contributed by atoms with van der Waals surface area (Å²) in [4.78, 5) is 43.5. The first-order chi connectivity index (χ1) is 14.8. The van der Waals surface area contributed by atoms with Crippen LogP contribution in [0.5, 0.6) is 0 Å². The Bertz CT molecular complexity index is 1120. The normalized spacial score (nSPS) is 10.5. The zero-order valence-electron chi connectivity index (χ0n) is 16.5. The number of halogens is 1. The number of benzene rings is 1. The van der Waals surface area contributed by atoms with E-state index in [4.69, 9.17) is 17.3 Å². The molecule has 0 radical (unpaired) electrons. The molecule has 0 spiro atoms. The molecule has 160 valence electrons. The van der Waals surface area contributed by atoms with Crippen molar-refractivity contribution in [1.82, 2.24) is 25.2 Å². The van der Waals surface area contributed by atoms with Gasteiger partial charge in [0.05, 0.1) is 17.1 Å². The van der Waals surface area contributed by atoms with Crippen LogP contribution in [0.15, 0.2) is 59.1 Å². The van der Waals surface area contributed by atoms with Crippen molar-refractivity contribution in [2.45, 2.75) is 16.7 Å². The summed E-state index contributed by atoms with van der Waals surface area (Å²) in [6, 6.07) is 8.16. The molecular weight excluding hydrogens is 440 g/mol. The zero-order chi connectivity index (χ0) is 22.4. The van der Waals surface area contributed by atoms with Gasteiger partial charge in [-0.2, -0.15) is 0 Å². The Labute approximate surface area is 187 Å². The number of imidazole rings is 1. The van der Waals surface area contributed by atoms with Gasteiger partial charge in [-0.1, -0.05) is 23.7 Å². The molecule has 2 aromatic heterocycles. The Balaban J connectivity index is 1.56. The lowest BCUT2D eigenvalue weighted by Crippen LogP contribution is -2.33. The van der Waals surface area contributed by atoms with Gasteiger partial charge in [0.1, 0.15) is 5.03 Å². The Morgan fingerprint density at radius 1 is 1.10 bits per heavy atom. The highest BCUT2D eigenvalue weighted by atomic mass is 35.5. The number of primary amides is 1. The van der Waals surface area contributed by atoms with Crippen molar-refractivity contribution in [1.29, 1.82) is 0 Å². The standard InChI is InChI=1S/C20H19ClN6O3S/c1-27-7-6-23-20(27)31-19-15(21)8-14(10-26-19)18(30)24-9-12-2-4-13(5-3-12)17(29)25-11-16(22)28/h2-8,10H,9,11H2,1H3,(H2,22,28)(H,24,30)(H,25,29). The average molecular weight is 459 g/mol. The van der Waals surface area contributed by atoms with E-state index in [0.29, 0.717) is 21.2 Å². The number of hydrogen-bond acceptors (Lipinski definition) is 6. The molecule has 0 saturated carbocycles. The lowest BCUT2D eigenvalue weighted by Gasteiger charge is -2.08. The molecule has 0 saturated heterocycles. The second-order valence-corrected chi connectivity index (χ2v) is 7.83. The lowest BCUT2D eigenvalue weighted by atomic mass is 10.1. The number of carbonyl (C=O) groups excluding carboxylic acids is 3. The number of pyridine rings is 1. The Morgan fingerprint density at radius 2 is 1.81 bits per heavy atom. The van der Waals surface area contributed by atoms with Gasteiger partial charge in [0, 0.05) is 37.7 Å². The van der Waals surface area contributed by atoms with Gasteiger partial charge in [-0.25, -0.2) is 9.97 Å². The highest BCUT2D eigenvalue weighted by Gasteiger charge is 2.13. The molecule has 0 unspecified atom stereocenters. The minimum Gasteiger partial charge on any atom is -0.368 e. The predicted molar refractivity (Wildman–Crippen MR) is 116 cm³/mol. The van der Waals surface area contributed by atoms with Crippen molar-refractivity contribution >= 4 is 41.1 Å². The monoisotopic (exact) mass is 458 g/mol. The smallest absolute Gasteiger partial charge is 0.253 e. The number of amides is 3. The molecule has 11 heteroatoms. The molecule has 0 aliphatic rings. The predicted octanol–water partition coefficient (Wildman–Crippen LogP) is 1.76. The van der Waals surface area contributed by atoms with E-state index in [1.807, 2.05) is 17.8 Å². The van der Waals surface area contributed by atoms with Crippen molar-refractivity contribution in [3.63, 3.8) is 0 Å². The number of aryl methyl sites for hydroxylation is 1. The quantitative estimate of drug-likeness (QED) is 0.471. The molecular formula is C20H19ClN6O3S. The second kappa shape index (κ2) is 10.1. The van der Waals surface area contributed by atoms with Crippen LogP contribution in [0.3, 0.4) is 0 Å².